The van der Waals surface area contributed by atoms with Gasteiger partial charge >= 0.3 is 0 Å². The fourth-order valence-corrected chi connectivity index (χ4v) is 7.35. The zero-order valence-electron chi connectivity index (χ0n) is 33.4. The van der Waals surface area contributed by atoms with Gasteiger partial charge in [0.05, 0.1) is 22.1 Å². The Hall–Kier alpha value is -5.47. The van der Waals surface area contributed by atoms with Gasteiger partial charge in [-0.15, -0.1) is 26.3 Å². The largest absolute Gasteiger partial charge is 0.781 e. The van der Waals surface area contributed by atoms with Crippen LogP contribution in [-0.4, -0.2) is 37.6 Å². The van der Waals surface area contributed by atoms with Crippen molar-refractivity contribution in [1.29, 1.82) is 0 Å². The molecule has 1 aliphatic rings. The van der Waals surface area contributed by atoms with Crippen LogP contribution in [0.3, 0.4) is 0 Å². The molecule has 8 rings (SSSR count). The minimum atomic E-state index is 0. The number of rotatable bonds is 10. The number of allylic oxidation sites excluding steroid dienone is 4. The molecule has 307 valence electrons. The molecule has 0 amide bonds. The van der Waals surface area contributed by atoms with E-state index in [2.05, 4.69) is 58.9 Å². The van der Waals surface area contributed by atoms with Crippen molar-refractivity contribution in [3.63, 3.8) is 0 Å². The summed E-state index contributed by atoms with van der Waals surface area (Å²) in [6.45, 7) is 21.8. The summed E-state index contributed by atoms with van der Waals surface area (Å²) in [6, 6.07) is 27.4. The van der Waals surface area contributed by atoms with Crippen LogP contribution in [0.4, 0.5) is 11.6 Å². The fraction of sp³-hybridized carbons (Fsp3) is 0.125. The maximum absolute atomic E-state index is 5.00. The first-order valence-electron chi connectivity index (χ1n) is 18.9. The van der Waals surface area contributed by atoms with Crippen molar-refractivity contribution >= 4 is 101 Å². The molecule has 4 aromatic carbocycles. The first-order valence-corrected chi connectivity index (χ1v) is 20.5. The number of fused-ring (bicyclic) bond motifs is 4. The Morgan fingerprint density at radius 1 is 0.567 bits per heavy atom. The van der Waals surface area contributed by atoms with E-state index in [0.29, 0.717) is 26.1 Å². The minimum absolute atomic E-state index is 0. The molecule has 0 N–H and O–H groups in total. The number of anilines is 2. The molecular formula is C48H43CoN7S4-4. The number of aryl methyl sites for hydroxylation is 2. The van der Waals surface area contributed by atoms with Crippen LogP contribution in [0.15, 0.2) is 173 Å². The third-order valence-electron chi connectivity index (χ3n) is 9.27. The van der Waals surface area contributed by atoms with E-state index in [1.807, 2.05) is 123 Å². The van der Waals surface area contributed by atoms with Crippen molar-refractivity contribution in [2.24, 2.45) is 0 Å². The fourth-order valence-electron chi connectivity index (χ4n) is 6.59. The zero-order valence-corrected chi connectivity index (χ0v) is 37.7. The molecule has 0 atom stereocenters. The second-order valence-electron chi connectivity index (χ2n) is 13.6. The van der Waals surface area contributed by atoms with E-state index in [0.717, 1.165) is 81.5 Å². The molecule has 0 bridgehead atoms. The van der Waals surface area contributed by atoms with Gasteiger partial charge in [-0.05, 0) is 56.7 Å². The minimum Gasteiger partial charge on any atom is -0.781 e. The summed E-state index contributed by atoms with van der Waals surface area (Å²) in [7, 11) is 0. The van der Waals surface area contributed by atoms with Crippen LogP contribution < -0.4 is 9.80 Å². The summed E-state index contributed by atoms with van der Waals surface area (Å²) in [5.74, 6) is 2.56. The first kappa shape index (κ1) is 45.6. The van der Waals surface area contributed by atoms with Gasteiger partial charge in [0.1, 0.15) is 11.3 Å². The van der Waals surface area contributed by atoms with E-state index in [4.69, 9.17) is 70.5 Å². The molecule has 7 aromatic rings. The van der Waals surface area contributed by atoms with Crippen molar-refractivity contribution in [2.75, 3.05) is 22.9 Å². The molecule has 0 fully saturated rings. The van der Waals surface area contributed by atoms with Gasteiger partial charge in [-0.25, -0.2) is 19.9 Å². The summed E-state index contributed by atoms with van der Waals surface area (Å²) >= 11 is 19.7. The molecular weight excluding hydrogens is 862 g/mol. The van der Waals surface area contributed by atoms with Gasteiger partial charge in [-0.1, -0.05) is 102 Å². The number of para-hydroxylation sites is 4. The quantitative estimate of drug-likeness (QED) is 0.0980. The van der Waals surface area contributed by atoms with E-state index in [1.165, 1.54) is 11.1 Å². The van der Waals surface area contributed by atoms with E-state index >= 15 is 0 Å². The normalized spacial score (nSPS) is 11.7. The second-order valence-corrected chi connectivity index (χ2v) is 15.3. The van der Waals surface area contributed by atoms with E-state index < -0.39 is 0 Å². The van der Waals surface area contributed by atoms with Crippen LogP contribution in [0.5, 0.6) is 0 Å². The van der Waals surface area contributed by atoms with Crippen LogP contribution in [0.25, 0.3) is 39.3 Å². The van der Waals surface area contributed by atoms with E-state index in [-0.39, 0.29) is 16.8 Å². The summed E-state index contributed by atoms with van der Waals surface area (Å²) in [5, 5.41) is 0. The summed E-state index contributed by atoms with van der Waals surface area (Å²) in [6.07, 6.45) is 14.5. The van der Waals surface area contributed by atoms with Crippen LogP contribution in [0.1, 0.15) is 22.4 Å². The Morgan fingerprint density at radius 3 is 1.47 bits per heavy atom. The average molecular weight is 905 g/mol. The predicted octanol–water partition coefficient (Wildman–Crippen LogP) is 10.6. The molecule has 7 nitrogen and oxygen atoms in total. The third-order valence-corrected chi connectivity index (χ3v) is 10.9. The summed E-state index contributed by atoms with van der Waals surface area (Å²) in [5.41, 5.74) is 9.61. The SMILES string of the molecule is C=CCc1c(C=CC=C2N(CC=C)c3nc4ccccc4nc3N2CC=C)n(CC=C)c2nc3ccccc3nc12.Cc1ccc([S-])c([S-])c1.Cc1ccc([S-])c([S-])c1.[Co]. The number of nitrogens with zero attached hydrogens (tertiary/aromatic N) is 7. The standard InChI is InChI=1S/C34H31N7.2C7H8S2.Co/c1-5-14-24-29(39(21-6-2)32-31(24)35-25-15-9-10-16-26(25)36-32)19-13-20-30-40(22-7-3)33-34(41(30)23-8-4)38-28-18-12-11-17-27(28)37-33;2*1-5-2-3-6(8)7(9)4-5;/h5-13,15-20H,1-4,14,21-23H2;2*2-4,8-9H,1H3;/p-4. The monoisotopic (exact) mass is 904 g/mol. The summed E-state index contributed by atoms with van der Waals surface area (Å²) < 4.78 is 2.16. The topological polar surface area (TPSA) is 63.0 Å². The molecule has 0 saturated carbocycles. The van der Waals surface area contributed by atoms with Gasteiger partial charge in [0.2, 0.25) is 0 Å². The average Bonchev–Trinajstić information content (AvgIpc) is 3.66. The molecule has 4 heterocycles. The first-order chi connectivity index (χ1) is 28.6. The third kappa shape index (κ3) is 10.3. The van der Waals surface area contributed by atoms with Crippen molar-refractivity contribution in [3.8, 4) is 0 Å². The molecule has 0 unspecified atom stereocenters. The smallest absolute Gasteiger partial charge is 0.178 e. The maximum atomic E-state index is 5.00. The Morgan fingerprint density at radius 2 is 1.03 bits per heavy atom. The van der Waals surface area contributed by atoms with Crippen molar-refractivity contribution in [2.45, 2.75) is 46.4 Å². The number of hydrogen-bond acceptors (Lipinski definition) is 10. The van der Waals surface area contributed by atoms with Crippen LogP contribution >= 0.6 is 0 Å². The molecule has 60 heavy (non-hydrogen) atoms. The molecule has 0 saturated heterocycles. The van der Waals surface area contributed by atoms with Crippen LogP contribution in [0, 0.1) is 13.8 Å². The zero-order chi connectivity index (χ0) is 42.1. The number of benzene rings is 4. The Kier molecular flexibility index (Phi) is 16.1. The van der Waals surface area contributed by atoms with Gasteiger partial charge in [0.25, 0.3) is 0 Å². The molecule has 0 spiro atoms. The molecule has 0 aliphatic carbocycles. The van der Waals surface area contributed by atoms with Crippen molar-refractivity contribution in [1.82, 2.24) is 24.5 Å². The van der Waals surface area contributed by atoms with Crippen LogP contribution in [0.2, 0.25) is 0 Å². The van der Waals surface area contributed by atoms with Gasteiger partial charge in [0.15, 0.2) is 17.3 Å². The Bertz CT molecular complexity index is 2580. The Labute approximate surface area is 385 Å². The van der Waals surface area contributed by atoms with Gasteiger partial charge in [0, 0.05) is 47.7 Å². The Balaban J connectivity index is 0.000000296. The predicted molar refractivity (Wildman–Crippen MR) is 256 cm³/mol. The molecule has 12 heteroatoms. The van der Waals surface area contributed by atoms with Crippen molar-refractivity contribution < 1.29 is 16.8 Å². The van der Waals surface area contributed by atoms with Gasteiger partial charge < -0.3 is 64.9 Å². The second kappa shape index (κ2) is 21.2. The number of aromatic nitrogens is 5. The van der Waals surface area contributed by atoms with Crippen molar-refractivity contribution in [3.05, 3.63) is 176 Å². The maximum Gasteiger partial charge on any atom is 0.178 e. The van der Waals surface area contributed by atoms with Gasteiger partial charge in [-0.2, -0.15) is 19.6 Å². The van der Waals surface area contributed by atoms with E-state index in [1.54, 1.807) is 0 Å². The van der Waals surface area contributed by atoms with Crippen LogP contribution in [-0.2, 0) is 80.3 Å². The summed E-state index contributed by atoms with van der Waals surface area (Å²) in [4.78, 5) is 27.3. The molecule has 1 aliphatic heterocycles. The van der Waals surface area contributed by atoms with Gasteiger partial charge in [-0.3, -0.25) is 0 Å². The molecule has 1 radical (unpaired) electrons. The van der Waals surface area contributed by atoms with E-state index in [9.17, 15) is 0 Å². The number of hydrogen-bond donors (Lipinski definition) is 0. The molecule has 3 aromatic heterocycles.